The van der Waals surface area contributed by atoms with Crippen molar-refractivity contribution in [2.75, 3.05) is 6.61 Å². The van der Waals surface area contributed by atoms with Crippen LogP contribution in [0.3, 0.4) is 0 Å². The molecule has 0 heterocycles. The van der Waals surface area contributed by atoms with Crippen LogP contribution in [0.25, 0.3) is 0 Å². The number of ether oxygens (including phenoxy) is 1. The maximum Gasteiger partial charge on any atom is 0.132 e. The summed E-state index contributed by atoms with van der Waals surface area (Å²) in [4.78, 5) is 11.1. The molecule has 0 aliphatic rings. The zero-order valence-corrected chi connectivity index (χ0v) is 11.0. The number of ketones is 1. The fourth-order valence-electron chi connectivity index (χ4n) is 1.81. The average molecular weight is 255 g/mol. The Morgan fingerprint density at radius 3 is 1.95 bits per heavy atom. The van der Waals surface area contributed by atoms with Gasteiger partial charge >= 0.3 is 0 Å². The molecule has 19 heavy (non-hydrogen) atoms. The number of hydrogen-bond donors (Lipinski definition) is 0. The number of rotatable bonds is 6. The third-order valence-corrected chi connectivity index (χ3v) is 2.77. The Bertz CT molecular complexity index is 512. The summed E-state index contributed by atoms with van der Waals surface area (Å²) >= 11 is 0. The summed E-state index contributed by atoms with van der Waals surface area (Å²) in [5.41, 5.74) is 1.52. The Morgan fingerprint density at radius 1 is 1.05 bits per heavy atom. The zero-order chi connectivity index (χ0) is 14.4. The Hall–Kier alpha value is -1.93. The summed E-state index contributed by atoms with van der Waals surface area (Å²) < 4.78 is 14.5. The van der Waals surface area contributed by atoms with Gasteiger partial charge in [-0.15, -0.1) is 0 Å². The Morgan fingerprint density at radius 2 is 1.53 bits per heavy atom. The van der Waals surface area contributed by atoms with Gasteiger partial charge in [0.25, 0.3) is 0 Å². The van der Waals surface area contributed by atoms with Crippen molar-refractivity contribution in [3.05, 3.63) is 71.8 Å². The van der Waals surface area contributed by atoms with Gasteiger partial charge < -0.3 is 4.74 Å². The monoisotopic (exact) mass is 255 g/mol. The molecule has 0 unspecified atom stereocenters. The van der Waals surface area contributed by atoms with Gasteiger partial charge in [0.1, 0.15) is 11.9 Å². The van der Waals surface area contributed by atoms with Crippen molar-refractivity contribution in [3.63, 3.8) is 0 Å². The molecule has 2 heteroatoms. The maximum atomic E-state index is 11.1. The first kappa shape index (κ1) is 12.1. The van der Waals surface area contributed by atoms with Gasteiger partial charge in [0.15, 0.2) is 0 Å². The van der Waals surface area contributed by atoms with Gasteiger partial charge in [0, 0.05) is 6.42 Å². The molecule has 0 aliphatic heterocycles. The van der Waals surface area contributed by atoms with Crippen LogP contribution in [-0.2, 0) is 9.53 Å². The molecule has 2 nitrogen and oxygen atoms in total. The van der Waals surface area contributed by atoms with E-state index >= 15 is 0 Å². The minimum atomic E-state index is -1.28. The molecule has 2 aromatic rings. The highest BCUT2D eigenvalue weighted by Gasteiger charge is 2.14. The number of hydrogen-bond acceptors (Lipinski definition) is 2. The van der Waals surface area contributed by atoms with Crippen LogP contribution < -0.4 is 0 Å². The number of carbonyl (C=O) groups is 1. The molecule has 0 aromatic heterocycles. The summed E-state index contributed by atoms with van der Waals surface area (Å²) in [6.45, 7) is 1.77. The van der Waals surface area contributed by atoms with E-state index in [2.05, 4.69) is 0 Å². The molecule has 2 aromatic carbocycles. The van der Waals surface area contributed by atoms with Gasteiger partial charge in [-0.3, -0.25) is 4.79 Å². The van der Waals surface area contributed by atoms with Crippen molar-refractivity contribution in [1.29, 1.82) is 0 Å². The topological polar surface area (TPSA) is 26.3 Å². The largest absolute Gasteiger partial charge is 0.368 e. The van der Waals surface area contributed by atoms with E-state index in [4.69, 9.17) is 6.11 Å². The molecule has 0 N–H and O–H groups in total. The van der Waals surface area contributed by atoms with Crippen molar-refractivity contribution < 1.29 is 10.9 Å². The zero-order valence-electron chi connectivity index (χ0n) is 12.0. The molecular weight excluding hydrogens is 236 g/mol. The van der Waals surface area contributed by atoms with Crippen molar-refractivity contribution in [3.8, 4) is 0 Å². The van der Waals surface area contributed by atoms with Crippen LogP contribution in [0, 0.1) is 0 Å². The van der Waals surface area contributed by atoms with Crippen LogP contribution in [0.15, 0.2) is 60.7 Å². The van der Waals surface area contributed by atoms with Crippen molar-refractivity contribution in [2.24, 2.45) is 0 Å². The SMILES string of the molecule is [2H]C(OCCC(C)=O)(c1ccccc1)c1ccccc1. The summed E-state index contributed by atoms with van der Waals surface area (Å²) in [6, 6.07) is 18.8. The smallest absolute Gasteiger partial charge is 0.132 e. The van der Waals surface area contributed by atoms with E-state index in [0.717, 1.165) is 11.1 Å². The van der Waals surface area contributed by atoms with Crippen LogP contribution in [0.4, 0.5) is 0 Å². The van der Waals surface area contributed by atoms with Gasteiger partial charge in [-0.2, -0.15) is 0 Å². The van der Waals surface area contributed by atoms with E-state index < -0.39 is 6.08 Å². The lowest BCUT2D eigenvalue weighted by Crippen LogP contribution is -2.09. The molecule has 0 fully saturated rings. The van der Waals surface area contributed by atoms with E-state index in [-0.39, 0.29) is 12.4 Å². The third-order valence-electron chi connectivity index (χ3n) is 2.77. The van der Waals surface area contributed by atoms with Crippen molar-refractivity contribution >= 4 is 5.78 Å². The Labute approximate surface area is 115 Å². The fourth-order valence-corrected chi connectivity index (χ4v) is 1.81. The second-order valence-electron chi connectivity index (χ2n) is 4.36. The van der Waals surface area contributed by atoms with Crippen LogP contribution in [-0.4, -0.2) is 12.4 Å². The predicted octanol–water partition coefficient (Wildman–Crippen LogP) is 3.77. The highest BCUT2D eigenvalue weighted by molar-refractivity contribution is 5.75. The molecule has 0 aliphatic carbocycles. The van der Waals surface area contributed by atoms with E-state index in [1.807, 2.05) is 60.7 Å². The Kier molecular flexibility index (Phi) is 4.37. The molecule has 0 radical (unpaired) electrons. The lowest BCUT2D eigenvalue weighted by Gasteiger charge is -2.18. The molecule has 0 saturated heterocycles. The summed E-state index contributed by atoms with van der Waals surface area (Å²) in [6.07, 6.45) is -0.960. The second kappa shape index (κ2) is 6.86. The molecule has 2 rings (SSSR count). The van der Waals surface area contributed by atoms with Crippen molar-refractivity contribution in [2.45, 2.75) is 19.4 Å². The molecule has 0 atom stereocenters. The number of benzene rings is 2. The lowest BCUT2D eigenvalue weighted by molar-refractivity contribution is -0.118. The fraction of sp³-hybridized carbons (Fsp3) is 0.235. The van der Waals surface area contributed by atoms with Gasteiger partial charge in [-0.1, -0.05) is 60.7 Å². The minimum absolute atomic E-state index is 0.0634. The van der Waals surface area contributed by atoms with E-state index in [9.17, 15) is 4.79 Å². The molecule has 0 saturated carbocycles. The first-order valence-corrected chi connectivity index (χ1v) is 6.37. The van der Waals surface area contributed by atoms with Crippen LogP contribution >= 0.6 is 0 Å². The molecule has 0 amide bonds. The van der Waals surface area contributed by atoms with E-state index in [1.165, 1.54) is 6.92 Å². The van der Waals surface area contributed by atoms with E-state index in [1.54, 1.807) is 0 Å². The highest BCUT2D eigenvalue weighted by atomic mass is 16.5. The second-order valence-corrected chi connectivity index (χ2v) is 4.36. The molecule has 98 valence electrons. The summed E-state index contributed by atoms with van der Waals surface area (Å²) in [5.74, 6) is 0.0634. The number of carbonyl (C=O) groups excluding carboxylic acids is 1. The lowest BCUT2D eigenvalue weighted by atomic mass is 10.0. The average Bonchev–Trinajstić information content (AvgIpc) is 2.48. The first-order chi connectivity index (χ1) is 9.63. The molecule has 0 spiro atoms. The van der Waals surface area contributed by atoms with Gasteiger partial charge in [-0.05, 0) is 18.1 Å². The minimum Gasteiger partial charge on any atom is -0.368 e. The standard InChI is InChI=1S/C17H18O2/c1-14(18)12-13-19-17(15-8-4-2-5-9-15)16-10-6-3-7-11-16/h2-11,17H,12-13H2,1H3/i17D. The quantitative estimate of drug-likeness (QED) is 0.785. The number of Topliss-reactive ketones (excluding diaryl/α,β-unsaturated/α-hetero) is 1. The van der Waals surface area contributed by atoms with Gasteiger partial charge in [0.05, 0.1) is 7.98 Å². The predicted molar refractivity (Wildman–Crippen MR) is 76.0 cm³/mol. The van der Waals surface area contributed by atoms with Crippen molar-refractivity contribution in [1.82, 2.24) is 0 Å². The maximum absolute atomic E-state index is 11.1. The van der Waals surface area contributed by atoms with Crippen LogP contribution in [0.5, 0.6) is 0 Å². The summed E-state index contributed by atoms with van der Waals surface area (Å²) in [7, 11) is 0. The third kappa shape index (κ3) is 4.04. The van der Waals surface area contributed by atoms with E-state index in [0.29, 0.717) is 6.42 Å². The molecular formula is C17H18O2. The normalized spacial score (nSPS) is 11.9. The molecule has 0 bridgehead atoms. The summed E-state index contributed by atoms with van der Waals surface area (Å²) in [5, 5.41) is 0. The van der Waals surface area contributed by atoms with Gasteiger partial charge in [-0.25, -0.2) is 0 Å². The van der Waals surface area contributed by atoms with Crippen LogP contribution in [0.1, 0.15) is 31.9 Å². The Balaban J connectivity index is 2.31. The van der Waals surface area contributed by atoms with Gasteiger partial charge in [0.2, 0.25) is 0 Å². The first-order valence-electron chi connectivity index (χ1n) is 6.87. The van der Waals surface area contributed by atoms with Crippen LogP contribution in [0.2, 0.25) is 0 Å². The highest BCUT2D eigenvalue weighted by Crippen LogP contribution is 2.25.